The summed E-state index contributed by atoms with van der Waals surface area (Å²) in [4.78, 5) is 109. The van der Waals surface area contributed by atoms with Gasteiger partial charge in [0.25, 0.3) is 15.6 Å². The van der Waals surface area contributed by atoms with Gasteiger partial charge in [0, 0.05) is 0 Å². The van der Waals surface area contributed by atoms with E-state index < -0.39 is 78.1 Å². The molecule has 1 aliphatic rings. The summed E-state index contributed by atoms with van der Waals surface area (Å²) in [5.41, 5.74) is 6.44. The summed E-state index contributed by atoms with van der Waals surface area (Å²) in [6.45, 7) is -0.390. The van der Waals surface area contributed by atoms with Crippen LogP contribution in [-0.4, -0.2) is 59.8 Å². The fourth-order valence-electron chi connectivity index (χ4n) is 2.69. The molecule has 3 rings (SSSR count). The van der Waals surface area contributed by atoms with Gasteiger partial charge in [-0.15, -0.1) is 0 Å². The molecule has 0 spiro atoms. The number of fused-ring (bicyclic) bond motifs is 1. The molecule has 1 saturated heterocycles. The topological polar surface area (TPSA) is 509 Å². The van der Waals surface area contributed by atoms with E-state index in [9.17, 15) is 86.5 Å². The molecule has 0 amide bonds. The first-order chi connectivity index (χ1) is 20.0. The summed E-state index contributed by atoms with van der Waals surface area (Å²) in [7, 11) is -35.8. The van der Waals surface area contributed by atoms with Crippen LogP contribution in [0.15, 0.2) is 12.7 Å². The Bertz CT molecular complexity index is 1500. The minimum atomic E-state index is -5.97. The van der Waals surface area contributed by atoms with Crippen molar-refractivity contribution in [2.75, 3.05) is 12.3 Å². The SMILES string of the molecule is Nc1ncnc2c1ncn2[C@@H]1O[C@H](CO)[C@@H](O)[C@H]1O.O=P([O-])([O-])OP(=O)([O-])OP(=O)([O-])[O-].O=P([O-])([O-])OP(=O)([O-])OP(=O)([O-])[O-].[Mn+2].[Mn+2].[Mn+2].[Mn+2].[Mn+2]. The van der Waals surface area contributed by atoms with Crippen LogP contribution in [0.4, 0.5) is 5.82 Å². The van der Waals surface area contributed by atoms with Gasteiger partial charge in [-0.05, 0) is 0 Å². The number of aromatic nitrogens is 4. The number of imidazole rings is 1. The number of rotatable bonds is 10. The van der Waals surface area contributed by atoms with Gasteiger partial charge in [-0.25, -0.2) is 15.0 Å². The van der Waals surface area contributed by atoms with Crippen LogP contribution in [0.2, 0.25) is 0 Å². The maximum atomic E-state index is 10.1. The Labute approximate surface area is 330 Å². The number of aliphatic hydroxyl groups is 3. The third-order valence-corrected chi connectivity index (χ3v) is 10.4. The predicted octanol–water partition coefficient (Wildman–Crippen LogP) is -9.70. The van der Waals surface area contributed by atoms with E-state index >= 15 is 0 Å². The van der Waals surface area contributed by atoms with Gasteiger partial charge in [0.15, 0.2) is 17.7 Å². The standard InChI is InChI=1S/C10H13N5O4.5Mn.2H5O10P3/c11-8-5-9(13-2-12-8)15(3-14-5)10-7(18)6(17)4(1-16)19-10;;;;;;2*1-11(2,3)9-13(7,8)10-12(4,5)6/h2-4,6-7,10,16-18H,1H2,(H2,11,12,13);;;;;;2*(H,7,8)(H2,1,2,3)(H2,4,5,6)/q;5*+2;;/p-10/t4-,6-,7-,10-;;;;;;;/m1......./s1. The van der Waals surface area contributed by atoms with Crippen molar-refractivity contribution >= 4 is 63.9 Å². The molecular formula is C10H13Mn5N5O24P6. The van der Waals surface area contributed by atoms with Crippen LogP contribution < -0.4 is 54.7 Å². The summed E-state index contributed by atoms with van der Waals surface area (Å²) in [5.74, 6) is 0.218. The molecule has 2 aromatic heterocycles. The first-order valence-corrected chi connectivity index (χ1v) is 18.8. The third kappa shape index (κ3) is 23.5. The fourth-order valence-corrected chi connectivity index (χ4v) is 7.38. The Balaban J connectivity index is -0.000000199. The minimum absolute atomic E-state index is 0. The van der Waals surface area contributed by atoms with Crippen LogP contribution in [-0.2, 0) is 135 Å². The number of anilines is 1. The zero-order valence-corrected chi connectivity index (χ0v) is 33.8. The molecule has 2 aromatic rings. The van der Waals surface area contributed by atoms with Gasteiger partial charge in [0.2, 0.25) is 0 Å². The van der Waals surface area contributed by atoms with Crippen molar-refractivity contribution in [2.24, 2.45) is 0 Å². The first kappa shape index (κ1) is 60.8. The van der Waals surface area contributed by atoms with Crippen LogP contribution in [0.1, 0.15) is 6.23 Å². The zero-order chi connectivity index (χ0) is 35.4. The summed E-state index contributed by atoms with van der Waals surface area (Å²) < 4.78 is 76.2. The smallest absolute Gasteiger partial charge is 0.790 e. The van der Waals surface area contributed by atoms with E-state index in [1.807, 2.05) is 0 Å². The number of hydrogen-bond donors (Lipinski definition) is 4. The molecule has 1 fully saturated rings. The fraction of sp³-hybridized carbons (Fsp3) is 0.500. The second-order valence-corrected chi connectivity index (χ2v) is 15.3. The molecule has 4 atom stereocenters. The number of hydrogen-bond acceptors (Lipinski definition) is 28. The predicted molar refractivity (Wildman–Crippen MR) is 113 cm³/mol. The summed E-state index contributed by atoms with van der Waals surface area (Å²) >= 11 is 0. The van der Waals surface area contributed by atoms with Crippen molar-refractivity contribution in [2.45, 2.75) is 24.5 Å². The van der Waals surface area contributed by atoms with Gasteiger partial charge in [-0.1, -0.05) is 0 Å². The van der Waals surface area contributed by atoms with Crippen molar-refractivity contribution in [3.8, 4) is 0 Å². The Morgan fingerprint density at radius 2 is 1.04 bits per heavy atom. The van der Waals surface area contributed by atoms with Crippen molar-refractivity contribution < 1.29 is 199 Å². The largest absolute Gasteiger partial charge is 2.00 e. The van der Waals surface area contributed by atoms with Crippen LogP contribution in [0.25, 0.3) is 11.2 Å². The second-order valence-electron chi connectivity index (χ2n) is 7.32. The molecule has 0 aromatic carbocycles. The number of nitrogens with two attached hydrogens (primary N) is 1. The number of phosphoric acid groups is 6. The van der Waals surface area contributed by atoms with Gasteiger partial charge >= 0.3 is 85.3 Å². The molecule has 5 N–H and O–H groups in total. The van der Waals surface area contributed by atoms with Crippen molar-refractivity contribution in [1.29, 1.82) is 0 Å². The molecule has 287 valence electrons. The Kier molecular flexibility index (Phi) is 28.7. The second kappa shape index (κ2) is 23.6. The quantitative estimate of drug-likeness (QED) is 0.127. The van der Waals surface area contributed by atoms with Gasteiger partial charge in [0.05, 0.1) is 44.2 Å². The van der Waals surface area contributed by atoms with E-state index in [2.05, 4.69) is 32.2 Å². The van der Waals surface area contributed by atoms with Gasteiger partial charge in [-0.3, -0.25) is 30.9 Å². The molecule has 0 aliphatic carbocycles. The Hall–Kier alpha value is 1.61. The van der Waals surface area contributed by atoms with Gasteiger partial charge in [-0.2, -0.15) is 0 Å². The van der Waals surface area contributed by atoms with Crippen molar-refractivity contribution in [1.82, 2.24) is 19.5 Å². The summed E-state index contributed by atoms with van der Waals surface area (Å²) in [6.07, 6.45) is -1.42. The average Bonchev–Trinajstić information content (AvgIpc) is 3.29. The van der Waals surface area contributed by atoms with Gasteiger partial charge < -0.3 is 93.0 Å². The molecule has 40 heteroatoms. The van der Waals surface area contributed by atoms with E-state index in [1.165, 1.54) is 17.2 Å². The molecule has 29 nitrogen and oxygen atoms in total. The molecule has 5 radical (unpaired) electrons. The maximum absolute atomic E-state index is 10.1. The zero-order valence-electron chi connectivity index (χ0n) is 22.5. The molecule has 0 saturated carbocycles. The third-order valence-electron chi connectivity index (χ3n) is 3.98. The number of nitrogens with zero attached hydrogens (tertiary/aromatic N) is 4. The summed E-state index contributed by atoms with van der Waals surface area (Å²) in [5, 5.41) is 28.7. The normalized spacial score (nSPS) is 19.4. The van der Waals surface area contributed by atoms with Crippen LogP contribution in [0.5, 0.6) is 0 Å². The molecule has 0 bridgehead atoms. The number of ether oxygens (including phenoxy) is 1. The average molecular weight is 1050 g/mol. The van der Waals surface area contributed by atoms with Crippen LogP contribution in [0, 0.1) is 0 Å². The van der Waals surface area contributed by atoms with E-state index in [0.29, 0.717) is 11.2 Å². The van der Waals surface area contributed by atoms with E-state index in [0.717, 1.165) is 0 Å². The van der Waals surface area contributed by atoms with Crippen molar-refractivity contribution in [3.05, 3.63) is 12.7 Å². The maximum Gasteiger partial charge on any atom is 2.00 e. The van der Waals surface area contributed by atoms with Crippen LogP contribution in [0.3, 0.4) is 0 Å². The Morgan fingerprint density at radius 1 is 0.680 bits per heavy atom. The molecule has 50 heavy (non-hydrogen) atoms. The number of nitrogen functional groups attached to an aromatic ring is 1. The molecule has 0 unspecified atom stereocenters. The Morgan fingerprint density at radius 3 is 1.34 bits per heavy atom. The van der Waals surface area contributed by atoms with E-state index in [-0.39, 0.29) is 91.2 Å². The monoisotopic (exact) mass is 1050 g/mol. The minimum Gasteiger partial charge on any atom is -0.790 e. The van der Waals surface area contributed by atoms with Crippen LogP contribution >= 0.6 is 46.9 Å². The summed E-state index contributed by atoms with van der Waals surface area (Å²) in [6, 6.07) is 0. The van der Waals surface area contributed by atoms with Crippen molar-refractivity contribution in [3.63, 3.8) is 0 Å². The molecular weight excluding hydrogens is 1030 g/mol. The van der Waals surface area contributed by atoms with E-state index in [1.54, 1.807) is 0 Å². The number of aliphatic hydroxyl groups excluding tert-OH is 3. The first-order valence-electron chi connectivity index (χ1n) is 10.1. The van der Waals surface area contributed by atoms with Gasteiger partial charge in [0.1, 0.15) is 30.2 Å². The molecule has 1 aliphatic heterocycles. The molecule has 3 heterocycles. The van der Waals surface area contributed by atoms with E-state index in [4.69, 9.17) is 15.6 Å².